The summed E-state index contributed by atoms with van der Waals surface area (Å²) < 4.78 is 0. The zero-order chi connectivity index (χ0) is 8.65. The second-order valence-corrected chi connectivity index (χ2v) is 4.36. The van der Waals surface area contributed by atoms with E-state index in [4.69, 9.17) is 0 Å². The van der Waals surface area contributed by atoms with Crippen molar-refractivity contribution in [2.75, 3.05) is 7.05 Å². The third-order valence-electron chi connectivity index (χ3n) is 2.73. The zero-order valence-corrected chi connectivity index (χ0v) is 8.23. The summed E-state index contributed by atoms with van der Waals surface area (Å²) in [7, 11) is 2.05. The topological polar surface area (TPSA) is 12.0 Å². The molecule has 1 aliphatic rings. The summed E-state index contributed by atoms with van der Waals surface area (Å²) >= 11 is 0. The van der Waals surface area contributed by atoms with Crippen LogP contribution in [-0.4, -0.2) is 13.1 Å². The Bertz CT molecular complexity index is 175. The molecule has 2 unspecified atom stereocenters. The van der Waals surface area contributed by atoms with Crippen LogP contribution in [0.4, 0.5) is 0 Å². The molecule has 0 spiro atoms. The van der Waals surface area contributed by atoms with E-state index in [1.165, 1.54) is 5.57 Å². The number of allylic oxidation sites excluding steroid dienone is 1. The van der Waals surface area contributed by atoms with E-state index in [1.807, 2.05) is 7.05 Å². The summed E-state index contributed by atoms with van der Waals surface area (Å²) in [6.07, 6.45) is 2.38. The van der Waals surface area contributed by atoms with Gasteiger partial charge < -0.3 is 5.32 Å². The molecule has 0 aromatic carbocycles. The Hall–Kier alpha value is -0.300. The average Bonchev–Trinajstić information content (AvgIpc) is 2.33. The van der Waals surface area contributed by atoms with Crippen molar-refractivity contribution in [1.82, 2.24) is 5.32 Å². The van der Waals surface area contributed by atoms with Crippen LogP contribution in [0.2, 0.25) is 0 Å². The lowest BCUT2D eigenvalue weighted by molar-refractivity contribution is 0.563. The smallest absolute Gasteiger partial charge is 0.0190 e. The molecular formula is C10H19N. The Labute approximate surface area is 69.9 Å². The summed E-state index contributed by atoms with van der Waals surface area (Å²) in [6, 6.07) is 0.692. The van der Waals surface area contributed by atoms with Crippen molar-refractivity contribution in [3.05, 3.63) is 11.6 Å². The largest absolute Gasteiger partial charge is 0.316 e. The second kappa shape index (κ2) is 2.63. The Balaban J connectivity index is 2.59. The van der Waals surface area contributed by atoms with E-state index in [9.17, 15) is 0 Å². The van der Waals surface area contributed by atoms with Crippen molar-refractivity contribution in [3.63, 3.8) is 0 Å². The Morgan fingerprint density at radius 1 is 1.36 bits per heavy atom. The van der Waals surface area contributed by atoms with E-state index in [2.05, 4.69) is 39.1 Å². The molecule has 0 saturated heterocycles. The van der Waals surface area contributed by atoms with Crippen LogP contribution in [0, 0.1) is 11.3 Å². The fourth-order valence-corrected chi connectivity index (χ4v) is 1.90. The molecule has 64 valence electrons. The first-order valence-electron chi connectivity index (χ1n) is 4.32. The van der Waals surface area contributed by atoms with Gasteiger partial charge in [-0.15, -0.1) is 0 Å². The van der Waals surface area contributed by atoms with Gasteiger partial charge in [-0.2, -0.15) is 0 Å². The highest BCUT2D eigenvalue weighted by Gasteiger charge is 2.55. The highest BCUT2D eigenvalue weighted by atomic mass is 15.0. The van der Waals surface area contributed by atoms with Crippen molar-refractivity contribution in [2.45, 2.75) is 33.7 Å². The molecule has 1 N–H and O–H groups in total. The van der Waals surface area contributed by atoms with Gasteiger partial charge >= 0.3 is 0 Å². The van der Waals surface area contributed by atoms with Gasteiger partial charge in [0.1, 0.15) is 0 Å². The summed E-state index contributed by atoms with van der Waals surface area (Å²) in [5, 5.41) is 3.34. The Kier molecular flexibility index (Phi) is 2.10. The van der Waals surface area contributed by atoms with Gasteiger partial charge in [-0.25, -0.2) is 0 Å². The maximum absolute atomic E-state index is 3.34. The van der Waals surface area contributed by atoms with Crippen LogP contribution in [0.15, 0.2) is 11.6 Å². The minimum atomic E-state index is 0.478. The average molecular weight is 153 g/mol. The first-order chi connectivity index (χ1) is 5.00. The SMILES string of the molecule is CNC1C(C=C(C)C)C1(C)C. The van der Waals surface area contributed by atoms with Crippen molar-refractivity contribution >= 4 is 0 Å². The van der Waals surface area contributed by atoms with Crippen LogP contribution in [0.25, 0.3) is 0 Å². The van der Waals surface area contributed by atoms with Crippen molar-refractivity contribution < 1.29 is 0 Å². The number of hydrogen-bond acceptors (Lipinski definition) is 1. The van der Waals surface area contributed by atoms with Crippen LogP contribution in [0.3, 0.4) is 0 Å². The summed E-state index contributed by atoms with van der Waals surface area (Å²) in [5.74, 6) is 0.748. The van der Waals surface area contributed by atoms with E-state index < -0.39 is 0 Å². The van der Waals surface area contributed by atoms with Gasteiger partial charge in [0.15, 0.2) is 0 Å². The maximum Gasteiger partial charge on any atom is 0.0190 e. The summed E-state index contributed by atoms with van der Waals surface area (Å²) in [5.41, 5.74) is 1.91. The molecule has 0 aromatic heterocycles. The molecule has 0 bridgehead atoms. The number of rotatable bonds is 2. The molecule has 2 atom stereocenters. The van der Waals surface area contributed by atoms with Crippen molar-refractivity contribution in [2.24, 2.45) is 11.3 Å². The molecule has 1 rings (SSSR count). The van der Waals surface area contributed by atoms with Gasteiger partial charge in [-0.05, 0) is 32.2 Å². The fourth-order valence-electron chi connectivity index (χ4n) is 1.90. The molecule has 0 aromatic rings. The van der Waals surface area contributed by atoms with E-state index in [1.54, 1.807) is 0 Å². The van der Waals surface area contributed by atoms with E-state index in [0.717, 1.165) is 5.92 Å². The predicted molar refractivity (Wildman–Crippen MR) is 49.5 cm³/mol. The van der Waals surface area contributed by atoms with E-state index in [-0.39, 0.29) is 0 Å². The van der Waals surface area contributed by atoms with Crippen LogP contribution in [0.1, 0.15) is 27.7 Å². The van der Waals surface area contributed by atoms with E-state index >= 15 is 0 Å². The molecule has 0 amide bonds. The quantitative estimate of drug-likeness (QED) is 0.600. The Morgan fingerprint density at radius 3 is 2.18 bits per heavy atom. The summed E-state index contributed by atoms with van der Waals surface area (Å²) in [4.78, 5) is 0. The third-order valence-corrected chi connectivity index (χ3v) is 2.73. The molecule has 0 aliphatic heterocycles. The second-order valence-electron chi connectivity index (χ2n) is 4.36. The molecule has 11 heavy (non-hydrogen) atoms. The maximum atomic E-state index is 3.34. The third kappa shape index (κ3) is 1.48. The molecule has 1 nitrogen and oxygen atoms in total. The van der Waals surface area contributed by atoms with Gasteiger partial charge in [-0.1, -0.05) is 25.5 Å². The lowest BCUT2D eigenvalue weighted by Gasteiger charge is -1.98. The zero-order valence-electron chi connectivity index (χ0n) is 8.23. The normalized spacial score (nSPS) is 33.2. The monoisotopic (exact) mass is 153 g/mol. The minimum absolute atomic E-state index is 0.478. The van der Waals surface area contributed by atoms with Gasteiger partial charge in [-0.3, -0.25) is 0 Å². The molecular weight excluding hydrogens is 134 g/mol. The predicted octanol–water partition coefficient (Wildman–Crippen LogP) is 2.20. The van der Waals surface area contributed by atoms with E-state index in [0.29, 0.717) is 11.5 Å². The highest BCUT2D eigenvalue weighted by Crippen LogP contribution is 2.52. The highest BCUT2D eigenvalue weighted by molar-refractivity contribution is 5.20. The van der Waals surface area contributed by atoms with Crippen LogP contribution in [0.5, 0.6) is 0 Å². The van der Waals surface area contributed by atoms with Gasteiger partial charge in [0.2, 0.25) is 0 Å². The van der Waals surface area contributed by atoms with Crippen molar-refractivity contribution in [1.29, 1.82) is 0 Å². The number of hydrogen-bond donors (Lipinski definition) is 1. The van der Waals surface area contributed by atoms with Crippen LogP contribution >= 0.6 is 0 Å². The fraction of sp³-hybridized carbons (Fsp3) is 0.800. The first kappa shape index (κ1) is 8.79. The summed E-state index contributed by atoms with van der Waals surface area (Å²) in [6.45, 7) is 8.97. The molecule has 1 heteroatoms. The molecule has 1 saturated carbocycles. The van der Waals surface area contributed by atoms with Crippen LogP contribution < -0.4 is 5.32 Å². The molecule has 1 fully saturated rings. The van der Waals surface area contributed by atoms with Crippen LogP contribution in [-0.2, 0) is 0 Å². The van der Waals surface area contributed by atoms with Gasteiger partial charge in [0.25, 0.3) is 0 Å². The molecule has 1 aliphatic carbocycles. The van der Waals surface area contributed by atoms with Gasteiger partial charge in [0.05, 0.1) is 0 Å². The number of nitrogens with one attached hydrogen (secondary N) is 1. The standard InChI is InChI=1S/C10H19N/c1-7(2)6-8-9(11-5)10(8,3)4/h6,8-9,11H,1-5H3. The Morgan fingerprint density at radius 2 is 1.91 bits per heavy atom. The molecule has 0 heterocycles. The van der Waals surface area contributed by atoms with Gasteiger partial charge in [0, 0.05) is 6.04 Å². The lowest BCUT2D eigenvalue weighted by Crippen LogP contribution is -2.14. The van der Waals surface area contributed by atoms with Crippen molar-refractivity contribution in [3.8, 4) is 0 Å². The minimum Gasteiger partial charge on any atom is -0.316 e. The molecule has 0 radical (unpaired) electrons. The first-order valence-corrected chi connectivity index (χ1v) is 4.32. The lowest BCUT2D eigenvalue weighted by atomic mass is 10.1.